The van der Waals surface area contributed by atoms with Gasteiger partial charge in [-0.05, 0) is 37.3 Å². The fourth-order valence-corrected chi connectivity index (χ4v) is 4.14. The number of rotatable bonds is 1. The van der Waals surface area contributed by atoms with Crippen molar-refractivity contribution in [3.05, 3.63) is 30.5 Å². The monoisotopic (exact) mass is 267 g/mol. The van der Waals surface area contributed by atoms with Gasteiger partial charge in [0.05, 0.1) is 11.2 Å². The summed E-state index contributed by atoms with van der Waals surface area (Å²) in [5, 5.41) is 1.21. The molecule has 3 heteroatoms. The summed E-state index contributed by atoms with van der Waals surface area (Å²) in [5.41, 5.74) is 9.13. The minimum absolute atomic E-state index is 0.732. The number of hydrogen-bond donors (Lipinski definition) is 1. The highest BCUT2D eigenvalue weighted by Crippen LogP contribution is 2.41. The van der Waals surface area contributed by atoms with Gasteiger partial charge in [0.25, 0.3) is 0 Å². The summed E-state index contributed by atoms with van der Waals surface area (Å²) in [6.07, 6.45) is 8.80. The van der Waals surface area contributed by atoms with Crippen LogP contribution in [-0.2, 0) is 0 Å². The molecule has 3 nitrogen and oxygen atoms in total. The molecular formula is C17H21N3. The lowest BCUT2D eigenvalue weighted by molar-refractivity contribution is 0.342. The van der Waals surface area contributed by atoms with E-state index in [9.17, 15) is 0 Å². The summed E-state index contributed by atoms with van der Waals surface area (Å²) in [6, 6.07) is 9.03. The van der Waals surface area contributed by atoms with Gasteiger partial charge in [0.2, 0.25) is 0 Å². The van der Waals surface area contributed by atoms with Crippen LogP contribution in [0, 0.1) is 5.92 Å². The molecule has 1 aliphatic heterocycles. The number of nitrogen functional groups attached to an aromatic ring is 1. The number of nitrogens with two attached hydrogens (primary N) is 1. The fraction of sp³-hybridized carbons (Fsp3) is 0.471. The predicted octanol–water partition coefficient (Wildman–Crippen LogP) is 3.59. The molecule has 0 bridgehead atoms. The van der Waals surface area contributed by atoms with Gasteiger partial charge >= 0.3 is 0 Å². The van der Waals surface area contributed by atoms with Gasteiger partial charge in [-0.15, -0.1) is 0 Å². The third-order valence-corrected chi connectivity index (χ3v) is 5.10. The summed E-state index contributed by atoms with van der Waals surface area (Å²) in [6.45, 7) is 1.18. The van der Waals surface area contributed by atoms with Crippen LogP contribution in [-0.4, -0.2) is 17.6 Å². The van der Waals surface area contributed by atoms with Crippen LogP contribution in [0.25, 0.3) is 10.9 Å². The fourth-order valence-electron chi connectivity index (χ4n) is 4.14. The van der Waals surface area contributed by atoms with Crippen LogP contribution in [0.2, 0.25) is 0 Å². The minimum atomic E-state index is 0.732. The van der Waals surface area contributed by atoms with E-state index in [4.69, 9.17) is 5.73 Å². The molecule has 1 aromatic heterocycles. The Hall–Kier alpha value is -1.77. The van der Waals surface area contributed by atoms with Crippen LogP contribution >= 0.6 is 0 Å². The third kappa shape index (κ3) is 1.76. The van der Waals surface area contributed by atoms with Crippen molar-refractivity contribution in [3.63, 3.8) is 0 Å². The van der Waals surface area contributed by atoms with E-state index in [0.29, 0.717) is 0 Å². The smallest absolute Gasteiger partial charge is 0.0951 e. The van der Waals surface area contributed by atoms with Gasteiger partial charge in [-0.25, -0.2) is 0 Å². The zero-order valence-electron chi connectivity index (χ0n) is 11.8. The van der Waals surface area contributed by atoms with Gasteiger partial charge in [0, 0.05) is 29.9 Å². The number of pyridine rings is 1. The zero-order valence-corrected chi connectivity index (χ0v) is 11.8. The molecule has 2 atom stereocenters. The molecule has 2 aliphatic rings. The van der Waals surface area contributed by atoms with Gasteiger partial charge in [-0.3, -0.25) is 4.98 Å². The number of benzene rings is 1. The first-order chi connectivity index (χ1) is 9.84. The van der Waals surface area contributed by atoms with Gasteiger partial charge in [-0.2, -0.15) is 0 Å². The summed E-state index contributed by atoms with van der Waals surface area (Å²) < 4.78 is 0. The summed E-state index contributed by atoms with van der Waals surface area (Å²) in [7, 11) is 0. The Morgan fingerprint density at radius 1 is 1.10 bits per heavy atom. The topological polar surface area (TPSA) is 42.1 Å². The molecule has 2 aromatic rings. The largest absolute Gasteiger partial charge is 0.397 e. The Kier molecular flexibility index (Phi) is 2.79. The first-order valence-electron chi connectivity index (χ1n) is 7.74. The zero-order chi connectivity index (χ0) is 13.5. The summed E-state index contributed by atoms with van der Waals surface area (Å²) in [5.74, 6) is 0.896. The van der Waals surface area contributed by atoms with E-state index in [1.807, 2.05) is 18.3 Å². The number of fused-ring (bicyclic) bond motifs is 2. The molecule has 2 N–H and O–H groups in total. The molecule has 2 fully saturated rings. The van der Waals surface area contributed by atoms with Crippen LogP contribution < -0.4 is 10.6 Å². The van der Waals surface area contributed by atoms with E-state index in [1.165, 1.54) is 49.7 Å². The maximum atomic E-state index is 6.07. The molecule has 0 radical (unpaired) electrons. The van der Waals surface area contributed by atoms with Crippen LogP contribution in [0.15, 0.2) is 30.5 Å². The number of anilines is 2. The predicted molar refractivity (Wildman–Crippen MR) is 83.9 cm³/mol. The van der Waals surface area contributed by atoms with Crippen molar-refractivity contribution >= 4 is 22.3 Å². The standard InChI is InChI=1S/C17H21N3/c18-14-6-3-5-13-16(8-10-19-17(13)14)20-11-9-12-4-1-2-7-15(12)20/h3,5-6,8,10,12,15H,1-2,4,7,9,11,18H2. The molecule has 104 valence electrons. The number of hydrogen-bond acceptors (Lipinski definition) is 3. The molecule has 1 aromatic carbocycles. The lowest BCUT2D eigenvalue weighted by Gasteiger charge is -2.33. The van der Waals surface area contributed by atoms with Crippen molar-refractivity contribution in [1.82, 2.24) is 4.98 Å². The maximum absolute atomic E-state index is 6.07. The highest BCUT2D eigenvalue weighted by molar-refractivity contribution is 5.98. The van der Waals surface area contributed by atoms with E-state index in [1.54, 1.807) is 0 Å². The van der Waals surface area contributed by atoms with Crippen molar-refractivity contribution < 1.29 is 0 Å². The normalized spacial score (nSPS) is 25.9. The second-order valence-electron chi connectivity index (χ2n) is 6.17. The van der Waals surface area contributed by atoms with E-state index in [2.05, 4.69) is 22.0 Å². The van der Waals surface area contributed by atoms with E-state index >= 15 is 0 Å². The van der Waals surface area contributed by atoms with Crippen molar-refractivity contribution in [1.29, 1.82) is 0 Å². The van der Waals surface area contributed by atoms with E-state index in [0.717, 1.165) is 23.2 Å². The molecule has 2 unspecified atom stereocenters. The maximum Gasteiger partial charge on any atom is 0.0951 e. The molecular weight excluding hydrogens is 246 g/mol. The van der Waals surface area contributed by atoms with Crippen molar-refractivity contribution in [2.75, 3.05) is 17.2 Å². The second kappa shape index (κ2) is 4.65. The van der Waals surface area contributed by atoms with E-state index < -0.39 is 0 Å². The quantitative estimate of drug-likeness (QED) is 0.803. The molecule has 1 saturated heterocycles. The van der Waals surface area contributed by atoms with Crippen LogP contribution in [0.5, 0.6) is 0 Å². The van der Waals surface area contributed by atoms with E-state index in [-0.39, 0.29) is 0 Å². The van der Waals surface area contributed by atoms with Crippen molar-refractivity contribution in [2.24, 2.45) is 5.92 Å². The van der Waals surface area contributed by atoms with Gasteiger partial charge in [0.1, 0.15) is 0 Å². The Bertz CT molecular complexity index is 637. The Morgan fingerprint density at radius 2 is 2.00 bits per heavy atom. The molecule has 0 amide bonds. The molecule has 0 spiro atoms. The molecule has 4 rings (SSSR count). The van der Waals surface area contributed by atoms with Crippen LogP contribution in [0.1, 0.15) is 32.1 Å². The van der Waals surface area contributed by atoms with Gasteiger partial charge in [0.15, 0.2) is 0 Å². The summed E-state index contributed by atoms with van der Waals surface area (Å²) in [4.78, 5) is 7.08. The van der Waals surface area contributed by atoms with Gasteiger partial charge in [-0.1, -0.05) is 25.0 Å². The van der Waals surface area contributed by atoms with Crippen LogP contribution in [0.3, 0.4) is 0 Å². The number of para-hydroxylation sites is 1. The van der Waals surface area contributed by atoms with Crippen molar-refractivity contribution in [2.45, 2.75) is 38.1 Å². The average Bonchev–Trinajstić information content (AvgIpc) is 2.91. The van der Waals surface area contributed by atoms with Crippen molar-refractivity contribution in [3.8, 4) is 0 Å². The lowest BCUT2D eigenvalue weighted by Crippen LogP contribution is -2.34. The number of aromatic nitrogens is 1. The Balaban J connectivity index is 1.80. The SMILES string of the molecule is Nc1cccc2c(N3CCC4CCCCC43)ccnc12. The average molecular weight is 267 g/mol. The highest BCUT2D eigenvalue weighted by Gasteiger charge is 2.36. The van der Waals surface area contributed by atoms with Gasteiger partial charge < -0.3 is 10.6 Å². The Labute approximate surface area is 119 Å². The molecule has 1 saturated carbocycles. The second-order valence-corrected chi connectivity index (χ2v) is 6.17. The first-order valence-corrected chi connectivity index (χ1v) is 7.74. The highest BCUT2D eigenvalue weighted by atomic mass is 15.2. The molecule has 1 aliphatic carbocycles. The summed E-state index contributed by atoms with van der Waals surface area (Å²) >= 11 is 0. The first kappa shape index (κ1) is 12.0. The van der Waals surface area contributed by atoms with Crippen LogP contribution in [0.4, 0.5) is 11.4 Å². The molecule has 20 heavy (non-hydrogen) atoms. The molecule has 2 heterocycles. The lowest BCUT2D eigenvalue weighted by atomic mass is 9.85. The Morgan fingerprint density at radius 3 is 2.95 bits per heavy atom. The minimum Gasteiger partial charge on any atom is -0.397 e. The number of nitrogens with zero attached hydrogens (tertiary/aromatic N) is 2. The third-order valence-electron chi connectivity index (χ3n) is 5.10.